The molecular formula is C18H28N4OS2. The molecule has 0 bridgehead atoms. The van der Waals surface area contributed by atoms with Crippen molar-refractivity contribution in [3.05, 3.63) is 24.0 Å². The largest absolute Gasteiger partial charge is 0.444 e. The summed E-state index contributed by atoms with van der Waals surface area (Å²) in [4.78, 5) is 8.91. The molecule has 0 atom stereocenters. The summed E-state index contributed by atoms with van der Waals surface area (Å²) in [5, 5.41) is 8.00. The molecule has 0 spiro atoms. The fourth-order valence-corrected chi connectivity index (χ4v) is 4.75. The smallest absolute Gasteiger partial charge is 0.204 e. The number of hydrogen-bond acceptors (Lipinski definition) is 7. The molecule has 1 fully saturated rings. The van der Waals surface area contributed by atoms with E-state index >= 15 is 0 Å². The molecule has 25 heavy (non-hydrogen) atoms. The van der Waals surface area contributed by atoms with Gasteiger partial charge in [-0.1, -0.05) is 32.1 Å². The van der Waals surface area contributed by atoms with Crippen molar-refractivity contribution in [2.24, 2.45) is 0 Å². The summed E-state index contributed by atoms with van der Waals surface area (Å²) in [6, 6.07) is 1.23. The molecule has 1 aliphatic carbocycles. The lowest BCUT2D eigenvalue weighted by atomic mass is 9.91. The van der Waals surface area contributed by atoms with Gasteiger partial charge in [0.2, 0.25) is 5.89 Å². The van der Waals surface area contributed by atoms with Crippen LogP contribution in [0, 0.1) is 0 Å². The first-order valence-corrected chi connectivity index (χ1v) is 10.7. The van der Waals surface area contributed by atoms with Gasteiger partial charge in [0.25, 0.3) is 0 Å². The molecule has 2 aromatic heterocycles. The molecule has 1 saturated carbocycles. The quantitative estimate of drug-likeness (QED) is 0.711. The van der Waals surface area contributed by atoms with Crippen LogP contribution >= 0.6 is 23.1 Å². The van der Waals surface area contributed by atoms with E-state index in [4.69, 9.17) is 4.42 Å². The highest BCUT2D eigenvalue weighted by Gasteiger charge is 2.21. The van der Waals surface area contributed by atoms with Gasteiger partial charge in [-0.3, -0.25) is 0 Å². The molecule has 2 aromatic rings. The Hall–Kier alpha value is -1.05. The minimum Gasteiger partial charge on any atom is -0.444 e. The summed E-state index contributed by atoms with van der Waals surface area (Å²) >= 11 is 3.45. The Balaban J connectivity index is 1.48. The molecule has 0 aliphatic heterocycles. The monoisotopic (exact) mass is 380 g/mol. The third-order valence-electron chi connectivity index (χ3n) is 4.58. The summed E-state index contributed by atoms with van der Waals surface area (Å²) in [6.07, 6.45) is 8.68. The van der Waals surface area contributed by atoms with Crippen molar-refractivity contribution in [1.29, 1.82) is 0 Å². The molecule has 2 heterocycles. The van der Waals surface area contributed by atoms with E-state index in [-0.39, 0.29) is 5.41 Å². The molecule has 3 rings (SSSR count). The number of anilines is 1. The van der Waals surface area contributed by atoms with Gasteiger partial charge in [-0.2, -0.15) is 0 Å². The van der Waals surface area contributed by atoms with Gasteiger partial charge in [-0.25, -0.2) is 9.97 Å². The minimum atomic E-state index is 0.00376. The molecule has 0 amide bonds. The van der Waals surface area contributed by atoms with Gasteiger partial charge >= 0.3 is 0 Å². The predicted molar refractivity (Wildman–Crippen MR) is 106 cm³/mol. The maximum Gasteiger partial charge on any atom is 0.204 e. The van der Waals surface area contributed by atoms with E-state index in [1.807, 2.05) is 12.4 Å². The first-order chi connectivity index (χ1) is 11.9. The summed E-state index contributed by atoms with van der Waals surface area (Å²) < 4.78 is 7.05. The number of hydrogen-bond donors (Lipinski definition) is 2. The molecule has 0 saturated heterocycles. The highest BCUT2D eigenvalue weighted by Crippen LogP contribution is 2.33. The maximum absolute atomic E-state index is 5.85. The van der Waals surface area contributed by atoms with Crippen molar-refractivity contribution in [3.8, 4) is 0 Å². The standard InChI is InChI=1S/C18H28N4OS2/c1-18(2,3)14-9-20-15(23-14)11-24-16-10-21-17(25-16)22-13-7-5-12(19-4)6-8-13/h9-10,12-13,19H,5-8,11H2,1-4H3,(H,21,22). The second kappa shape index (κ2) is 8.10. The third kappa shape index (κ3) is 5.21. The molecule has 138 valence electrons. The van der Waals surface area contributed by atoms with E-state index in [9.17, 15) is 0 Å². The predicted octanol–water partition coefficient (Wildman–Crippen LogP) is 4.66. The van der Waals surface area contributed by atoms with Crippen LogP contribution in [0.25, 0.3) is 0 Å². The number of nitrogens with one attached hydrogen (secondary N) is 2. The molecule has 7 heteroatoms. The van der Waals surface area contributed by atoms with E-state index < -0.39 is 0 Å². The zero-order valence-electron chi connectivity index (χ0n) is 15.5. The minimum absolute atomic E-state index is 0.00376. The van der Waals surface area contributed by atoms with Crippen LogP contribution in [0.1, 0.15) is 58.1 Å². The molecule has 0 aromatic carbocycles. The number of oxazole rings is 1. The average molecular weight is 381 g/mol. The lowest BCUT2D eigenvalue weighted by Gasteiger charge is -2.28. The lowest BCUT2D eigenvalue weighted by molar-refractivity contribution is 0.371. The van der Waals surface area contributed by atoms with Gasteiger partial charge in [-0.15, -0.1) is 11.8 Å². The van der Waals surface area contributed by atoms with E-state index in [0.29, 0.717) is 12.1 Å². The van der Waals surface area contributed by atoms with Crippen molar-refractivity contribution in [2.75, 3.05) is 12.4 Å². The second-order valence-electron chi connectivity index (χ2n) is 7.62. The Bertz CT molecular complexity index is 669. The third-order valence-corrected chi connectivity index (χ3v) is 6.69. The zero-order chi connectivity index (χ0) is 17.9. The van der Waals surface area contributed by atoms with Crippen LogP contribution in [0.3, 0.4) is 0 Å². The van der Waals surface area contributed by atoms with Crippen molar-refractivity contribution in [1.82, 2.24) is 15.3 Å². The van der Waals surface area contributed by atoms with Crippen LogP contribution < -0.4 is 10.6 Å². The second-order valence-corrected chi connectivity index (χ2v) is 9.93. The van der Waals surface area contributed by atoms with Crippen LogP contribution in [-0.4, -0.2) is 29.1 Å². The normalized spacial score (nSPS) is 21.4. The average Bonchev–Trinajstić information content (AvgIpc) is 3.22. The lowest BCUT2D eigenvalue weighted by Crippen LogP contribution is -2.34. The number of rotatable bonds is 6. The van der Waals surface area contributed by atoms with Gasteiger partial charge in [0.1, 0.15) is 5.76 Å². The number of thiazole rings is 1. The van der Waals surface area contributed by atoms with Gasteiger partial charge in [-0.05, 0) is 32.7 Å². The number of aromatic nitrogens is 2. The first-order valence-electron chi connectivity index (χ1n) is 8.91. The van der Waals surface area contributed by atoms with E-state index in [1.54, 1.807) is 23.1 Å². The Kier molecular flexibility index (Phi) is 6.07. The van der Waals surface area contributed by atoms with Crippen molar-refractivity contribution < 1.29 is 4.42 Å². The van der Waals surface area contributed by atoms with E-state index in [0.717, 1.165) is 22.5 Å². The fraction of sp³-hybridized carbons (Fsp3) is 0.667. The van der Waals surface area contributed by atoms with Crippen LogP contribution in [0.15, 0.2) is 21.0 Å². The van der Waals surface area contributed by atoms with Crippen molar-refractivity contribution in [2.45, 2.75) is 73.9 Å². The van der Waals surface area contributed by atoms with E-state index in [1.165, 1.54) is 29.9 Å². The SMILES string of the molecule is CNC1CCC(Nc2ncc(SCc3ncc(C(C)(C)C)o3)s2)CC1. The highest BCUT2D eigenvalue weighted by atomic mass is 32.2. The molecule has 0 radical (unpaired) electrons. The Morgan fingerprint density at radius 1 is 1.16 bits per heavy atom. The van der Waals surface area contributed by atoms with Crippen molar-refractivity contribution >= 4 is 28.2 Å². The molecule has 1 aliphatic rings. The van der Waals surface area contributed by atoms with Crippen molar-refractivity contribution in [3.63, 3.8) is 0 Å². The Labute approximate surface area is 158 Å². The van der Waals surface area contributed by atoms with Gasteiger partial charge in [0.05, 0.1) is 22.4 Å². The summed E-state index contributed by atoms with van der Waals surface area (Å²) in [5.74, 6) is 2.46. The number of nitrogens with zero attached hydrogens (tertiary/aromatic N) is 2. The molecule has 2 N–H and O–H groups in total. The molecule has 5 nitrogen and oxygen atoms in total. The summed E-state index contributed by atoms with van der Waals surface area (Å²) in [5.41, 5.74) is 0.00376. The Morgan fingerprint density at radius 3 is 2.52 bits per heavy atom. The topological polar surface area (TPSA) is 63.0 Å². The summed E-state index contributed by atoms with van der Waals surface area (Å²) in [7, 11) is 2.06. The van der Waals surface area contributed by atoms with Gasteiger partial charge in [0, 0.05) is 17.5 Å². The van der Waals surface area contributed by atoms with Crippen LogP contribution in [0.2, 0.25) is 0 Å². The highest BCUT2D eigenvalue weighted by molar-refractivity contribution is 8.00. The summed E-state index contributed by atoms with van der Waals surface area (Å²) in [6.45, 7) is 6.40. The van der Waals surface area contributed by atoms with Gasteiger partial charge < -0.3 is 15.1 Å². The fourth-order valence-electron chi connectivity index (χ4n) is 2.95. The Morgan fingerprint density at radius 2 is 1.88 bits per heavy atom. The van der Waals surface area contributed by atoms with Gasteiger partial charge in [0.15, 0.2) is 5.13 Å². The first kappa shape index (κ1) is 18.7. The van der Waals surface area contributed by atoms with Crippen LogP contribution in [-0.2, 0) is 11.2 Å². The van der Waals surface area contributed by atoms with E-state index in [2.05, 4.69) is 48.4 Å². The van der Waals surface area contributed by atoms with Crippen LogP contribution in [0.5, 0.6) is 0 Å². The number of thioether (sulfide) groups is 1. The molecule has 0 unspecified atom stereocenters. The maximum atomic E-state index is 5.85. The van der Waals surface area contributed by atoms with Crippen LogP contribution in [0.4, 0.5) is 5.13 Å². The zero-order valence-corrected chi connectivity index (χ0v) is 17.1. The molecular weight excluding hydrogens is 352 g/mol.